The maximum absolute atomic E-state index is 5.86. The number of nitrogens with zero attached hydrogens (tertiary/aromatic N) is 1. The van der Waals surface area contributed by atoms with Gasteiger partial charge in [-0.05, 0) is 35.9 Å². The highest BCUT2D eigenvalue weighted by molar-refractivity contribution is 5.84. The second-order valence-corrected chi connectivity index (χ2v) is 5.41. The van der Waals surface area contributed by atoms with Crippen molar-refractivity contribution < 1.29 is 9.47 Å². The van der Waals surface area contributed by atoms with Crippen LogP contribution in [0.25, 0.3) is 0 Å². The van der Waals surface area contributed by atoms with E-state index in [1.807, 2.05) is 78.9 Å². The second kappa shape index (κ2) is 8.55. The van der Waals surface area contributed by atoms with Crippen LogP contribution in [0.1, 0.15) is 11.1 Å². The first-order valence-electron chi connectivity index (χ1n) is 8.04. The van der Waals surface area contributed by atoms with Gasteiger partial charge in [0, 0.05) is 5.56 Å². The van der Waals surface area contributed by atoms with Crippen molar-refractivity contribution in [1.82, 2.24) is 0 Å². The minimum atomic E-state index is 0.520. The molecule has 0 saturated heterocycles. The number of rotatable bonds is 7. The van der Waals surface area contributed by atoms with Crippen LogP contribution in [0.2, 0.25) is 0 Å². The van der Waals surface area contributed by atoms with E-state index in [1.54, 1.807) is 13.3 Å². The molecule has 0 saturated carbocycles. The van der Waals surface area contributed by atoms with Crippen molar-refractivity contribution in [3.8, 4) is 11.5 Å². The SMILES string of the molecule is COc1ccc(OCc2ccccc2)cc1C=NNc1ccccc1. The minimum absolute atomic E-state index is 0.520. The highest BCUT2D eigenvalue weighted by Crippen LogP contribution is 2.23. The number of anilines is 1. The van der Waals surface area contributed by atoms with E-state index in [9.17, 15) is 0 Å². The number of hydrazone groups is 1. The molecule has 0 spiro atoms. The van der Waals surface area contributed by atoms with Gasteiger partial charge in [0.2, 0.25) is 0 Å². The molecule has 0 amide bonds. The van der Waals surface area contributed by atoms with Gasteiger partial charge in [0.25, 0.3) is 0 Å². The van der Waals surface area contributed by atoms with E-state index in [4.69, 9.17) is 9.47 Å². The molecule has 3 aromatic rings. The monoisotopic (exact) mass is 332 g/mol. The summed E-state index contributed by atoms with van der Waals surface area (Å²) in [5, 5.41) is 4.27. The third-order valence-electron chi connectivity index (χ3n) is 3.62. The van der Waals surface area contributed by atoms with Crippen LogP contribution in [-0.4, -0.2) is 13.3 Å². The van der Waals surface area contributed by atoms with Gasteiger partial charge in [0.1, 0.15) is 18.1 Å². The molecule has 0 fully saturated rings. The van der Waals surface area contributed by atoms with Gasteiger partial charge in [-0.1, -0.05) is 48.5 Å². The normalized spacial score (nSPS) is 10.6. The average Bonchev–Trinajstić information content (AvgIpc) is 2.68. The minimum Gasteiger partial charge on any atom is -0.496 e. The van der Waals surface area contributed by atoms with Crippen LogP contribution >= 0.6 is 0 Å². The predicted octanol–water partition coefficient (Wildman–Crippen LogP) is 4.72. The number of hydrogen-bond donors (Lipinski definition) is 1. The molecule has 0 radical (unpaired) electrons. The van der Waals surface area contributed by atoms with E-state index >= 15 is 0 Å². The van der Waals surface area contributed by atoms with Crippen molar-refractivity contribution in [2.75, 3.05) is 12.5 Å². The first-order valence-corrected chi connectivity index (χ1v) is 8.04. The molecule has 4 nitrogen and oxygen atoms in total. The Morgan fingerprint density at radius 1 is 0.920 bits per heavy atom. The van der Waals surface area contributed by atoms with Crippen LogP contribution in [0.3, 0.4) is 0 Å². The predicted molar refractivity (Wildman–Crippen MR) is 101 cm³/mol. The van der Waals surface area contributed by atoms with Gasteiger partial charge in [-0.2, -0.15) is 5.10 Å². The fourth-order valence-corrected chi connectivity index (χ4v) is 2.33. The molecule has 3 aromatic carbocycles. The van der Waals surface area contributed by atoms with Crippen molar-refractivity contribution in [2.24, 2.45) is 5.10 Å². The Morgan fingerprint density at radius 2 is 1.64 bits per heavy atom. The highest BCUT2D eigenvalue weighted by atomic mass is 16.5. The maximum atomic E-state index is 5.86. The summed E-state index contributed by atoms with van der Waals surface area (Å²) in [4.78, 5) is 0. The van der Waals surface area contributed by atoms with E-state index in [0.29, 0.717) is 6.61 Å². The number of methoxy groups -OCH3 is 1. The number of hydrogen-bond acceptors (Lipinski definition) is 4. The van der Waals surface area contributed by atoms with Gasteiger partial charge >= 0.3 is 0 Å². The molecule has 0 aromatic heterocycles. The van der Waals surface area contributed by atoms with Crippen LogP contribution in [0.4, 0.5) is 5.69 Å². The van der Waals surface area contributed by atoms with Gasteiger partial charge in [0.15, 0.2) is 0 Å². The summed E-state index contributed by atoms with van der Waals surface area (Å²) >= 11 is 0. The average molecular weight is 332 g/mol. The second-order valence-electron chi connectivity index (χ2n) is 5.41. The van der Waals surface area contributed by atoms with Crippen LogP contribution < -0.4 is 14.9 Å². The lowest BCUT2D eigenvalue weighted by molar-refractivity contribution is 0.305. The molecule has 0 heterocycles. The molecule has 0 aliphatic rings. The van der Waals surface area contributed by atoms with Crippen LogP contribution in [0.15, 0.2) is 84.0 Å². The van der Waals surface area contributed by atoms with Crippen LogP contribution in [-0.2, 0) is 6.61 Å². The van der Waals surface area contributed by atoms with Crippen molar-refractivity contribution >= 4 is 11.9 Å². The first kappa shape index (κ1) is 16.6. The lowest BCUT2D eigenvalue weighted by Gasteiger charge is -2.10. The van der Waals surface area contributed by atoms with Crippen molar-refractivity contribution in [3.63, 3.8) is 0 Å². The Balaban J connectivity index is 1.69. The zero-order valence-corrected chi connectivity index (χ0v) is 14.1. The molecule has 0 unspecified atom stereocenters. The molecular formula is C21H20N2O2. The topological polar surface area (TPSA) is 42.9 Å². The number of ether oxygens (including phenoxy) is 2. The maximum Gasteiger partial charge on any atom is 0.127 e. The van der Waals surface area contributed by atoms with Crippen molar-refractivity contribution in [1.29, 1.82) is 0 Å². The van der Waals surface area contributed by atoms with E-state index < -0.39 is 0 Å². The van der Waals surface area contributed by atoms with Crippen molar-refractivity contribution in [2.45, 2.75) is 6.61 Å². The van der Waals surface area contributed by atoms with Crippen LogP contribution in [0.5, 0.6) is 11.5 Å². The molecule has 25 heavy (non-hydrogen) atoms. The van der Waals surface area contributed by atoms with E-state index in [-0.39, 0.29) is 0 Å². The Bertz CT molecular complexity index is 818. The zero-order chi connectivity index (χ0) is 17.3. The molecule has 126 valence electrons. The summed E-state index contributed by atoms with van der Waals surface area (Å²) in [7, 11) is 1.64. The Hall–Kier alpha value is -3.27. The highest BCUT2D eigenvalue weighted by Gasteiger charge is 2.04. The Labute approximate surface area is 147 Å². The fraction of sp³-hybridized carbons (Fsp3) is 0.0952. The standard InChI is InChI=1S/C21H20N2O2/c1-24-21-13-12-20(25-16-17-8-4-2-5-9-17)14-18(21)15-22-23-19-10-6-3-7-11-19/h2-15,23H,16H2,1H3. The molecule has 0 aliphatic heterocycles. The van der Waals surface area contributed by atoms with Gasteiger partial charge in [-0.25, -0.2) is 0 Å². The van der Waals surface area contributed by atoms with Crippen LogP contribution in [0, 0.1) is 0 Å². The Morgan fingerprint density at radius 3 is 2.36 bits per heavy atom. The first-order chi connectivity index (χ1) is 12.3. The van der Waals surface area contributed by atoms with E-state index in [1.165, 1.54) is 0 Å². The van der Waals surface area contributed by atoms with Gasteiger partial charge < -0.3 is 9.47 Å². The summed E-state index contributed by atoms with van der Waals surface area (Å²) in [5.41, 5.74) is 5.89. The van der Waals surface area contributed by atoms with E-state index in [0.717, 1.165) is 28.3 Å². The van der Waals surface area contributed by atoms with Gasteiger partial charge in [0.05, 0.1) is 19.0 Å². The summed E-state index contributed by atoms with van der Waals surface area (Å²) in [6.45, 7) is 0.520. The number of para-hydroxylation sites is 1. The molecule has 0 bridgehead atoms. The summed E-state index contributed by atoms with van der Waals surface area (Å²) < 4.78 is 11.3. The molecule has 0 aliphatic carbocycles. The smallest absolute Gasteiger partial charge is 0.127 e. The summed E-state index contributed by atoms with van der Waals surface area (Å²) in [6.07, 6.45) is 1.72. The third kappa shape index (κ3) is 4.85. The number of benzene rings is 3. The van der Waals surface area contributed by atoms with Gasteiger partial charge in [-0.3, -0.25) is 5.43 Å². The van der Waals surface area contributed by atoms with Gasteiger partial charge in [-0.15, -0.1) is 0 Å². The molecule has 4 heteroatoms. The van der Waals surface area contributed by atoms with Crippen molar-refractivity contribution in [3.05, 3.63) is 90.0 Å². The summed E-state index contributed by atoms with van der Waals surface area (Å²) in [5.74, 6) is 1.51. The fourth-order valence-electron chi connectivity index (χ4n) is 2.33. The largest absolute Gasteiger partial charge is 0.496 e. The lowest BCUT2D eigenvalue weighted by atomic mass is 10.2. The molecule has 1 N–H and O–H groups in total. The zero-order valence-electron chi connectivity index (χ0n) is 14.1. The summed E-state index contributed by atoms with van der Waals surface area (Å²) in [6, 6.07) is 25.5. The van der Waals surface area contributed by atoms with E-state index in [2.05, 4.69) is 10.5 Å². The molecule has 0 atom stereocenters. The molecular weight excluding hydrogens is 312 g/mol. The molecule has 3 rings (SSSR count). The number of nitrogens with one attached hydrogen (secondary N) is 1. The quantitative estimate of drug-likeness (QED) is 0.503. The third-order valence-corrected chi connectivity index (χ3v) is 3.62. The Kier molecular flexibility index (Phi) is 5.67. The lowest BCUT2D eigenvalue weighted by Crippen LogP contribution is -1.98.